The van der Waals surface area contributed by atoms with Crippen molar-refractivity contribution >= 4 is 27.5 Å². The first-order chi connectivity index (χ1) is 9.19. The summed E-state index contributed by atoms with van der Waals surface area (Å²) < 4.78 is 6.00. The molecule has 2 aromatic rings. The number of ether oxygens (including phenoxy) is 1. The number of halogens is 1. The van der Waals surface area contributed by atoms with E-state index < -0.39 is 0 Å². The van der Waals surface area contributed by atoms with Gasteiger partial charge in [0.15, 0.2) is 0 Å². The Morgan fingerprint density at radius 2 is 2.00 bits per heavy atom. The van der Waals surface area contributed by atoms with Crippen LogP contribution in [0.3, 0.4) is 0 Å². The Hall–Kier alpha value is -1.81. The molecule has 0 aliphatic rings. The van der Waals surface area contributed by atoms with Crippen molar-refractivity contribution in [2.45, 2.75) is 6.42 Å². The van der Waals surface area contributed by atoms with Crippen molar-refractivity contribution in [3.63, 3.8) is 0 Å². The first kappa shape index (κ1) is 13.6. The second-order valence-electron chi connectivity index (χ2n) is 4.06. The van der Waals surface area contributed by atoms with Crippen LogP contribution in [-0.2, 0) is 11.2 Å². The van der Waals surface area contributed by atoms with E-state index in [9.17, 15) is 4.79 Å². The Labute approximate surface area is 120 Å². The molecule has 0 aliphatic heterocycles. The summed E-state index contributed by atoms with van der Waals surface area (Å²) in [6, 6.07) is 15.0. The van der Waals surface area contributed by atoms with Crippen molar-refractivity contribution in [3.8, 4) is 5.75 Å². The van der Waals surface area contributed by atoms with Crippen LogP contribution in [-0.4, -0.2) is 13.0 Å². The van der Waals surface area contributed by atoms with Gasteiger partial charge in [-0.3, -0.25) is 4.79 Å². The second-order valence-corrected chi connectivity index (χ2v) is 4.91. The van der Waals surface area contributed by atoms with Crippen LogP contribution in [0.15, 0.2) is 53.0 Å². The number of rotatable bonds is 4. The van der Waals surface area contributed by atoms with Crippen molar-refractivity contribution in [3.05, 3.63) is 58.6 Å². The second kappa shape index (κ2) is 6.38. The number of anilines is 1. The molecule has 3 nitrogen and oxygen atoms in total. The van der Waals surface area contributed by atoms with E-state index in [4.69, 9.17) is 4.74 Å². The molecule has 0 spiro atoms. The lowest BCUT2D eigenvalue weighted by atomic mass is 10.1. The van der Waals surface area contributed by atoms with Gasteiger partial charge in [-0.25, -0.2) is 0 Å². The minimum atomic E-state index is -0.0554. The van der Waals surface area contributed by atoms with Crippen LogP contribution in [0.1, 0.15) is 5.56 Å². The van der Waals surface area contributed by atoms with Crippen molar-refractivity contribution in [2.75, 3.05) is 12.4 Å². The first-order valence-electron chi connectivity index (χ1n) is 5.86. The van der Waals surface area contributed by atoms with Crippen molar-refractivity contribution < 1.29 is 9.53 Å². The minimum absolute atomic E-state index is 0.0554. The monoisotopic (exact) mass is 319 g/mol. The van der Waals surface area contributed by atoms with E-state index in [1.165, 1.54) is 0 Å². The molecule has 1 amide bonds. The van der Waals surface area contributed by atoms with Gasteiger partial charge in [-0.2, -0.15) is 0 Å². The van der Waals surface area contributed by atoms with Crippen molar-refractivity contribution in [1.82, 2.24) is 0 Å². The van der Waals surface area contributed by atoms with E-state index in [0.717, 1.165) is 21.5 Å². The maximum Gasteiger partial charge on any atom is 0.228 e. The highest BCUT2D eigenvalue weighted by Gasteiger charge is 2.06. The highest BCUT2D eigenvalue weighted by molar-refractivity contribution is 9.10. The Morgan fingerprint density at radius 1 is 1.21 bits per heavy atom. The number of carbonyl (C=O) groups is 1. The molecular formula is C15H14BrNO2. The average molecular weight is 320 g/mol. The molecule has 0 heterocycles. The number of para-hydroxylation sites is 1. The molecule has 0 aliphatic carbocycles. The van der Waals surface area contributed by atoms with E-state index >= 15 is 0 Å². The summed E-state index contributed by atoms with van der Waals surface area (Å²) in [4.78, 5) is 12.0. The van der Waals surface area contributed by atoms with Gasteiger partial charge >= 0.3 is 0 Å². The number of methoxy groups -OCH3 is 1. The molecule has 1 N–H and O–H groups in total. The lowest BCUT2D eigenvalue weighted by Crippen LogP contribution is -2.14. The van der Waals surface area contributed by atoms with E-state index in [0.29, 0.717) is 6.42 Å². The summed E-state index contributed by atoms with van der Waals surface area (Å²) in [5.41, 5.74) is 1.69. The summed E-state index contributed by atoms with van der Waals surface area (Å²) in [7, 11) is 1.61. The highest BCUT2D eigenvalue weighted by atomic mass is 79.9. The Bertz CT molecular complexity index is 584. The molecule has 98 valence electrons. The molecule has 2 aromatic carbocycles. The first-order valence-corrected chi connectivity index (χ1v) is 6.65. The van der Waals surface area contributed by atoms with Crippen LogP contribution in [0.2, 0.25) is 0 Å². The zero-order valence-electron chi connectivity index (χ0n) is 10.5. The molecule has 0 radical (unpaired) electrons. The topological polar surface area (TPSA) is 38.3 Å². The predicted molar refractivity (Wildman–Crippen MR) is 79.5 cm³/mol. The van der Waals surface area contributed by atoms with Crippen LogP contribution >= 0.6 is 15.9 Å². The molecule has 4 heteroatoms. The fraction of sp³-hybridized carbons (Fsp3) is 0.133. The van der Waals surface area contributed by atoms with Crippen LogP contribution in [0, 0.1) is 0 Å². The van der Waals surface area contributed by atoms with Crippen LogP contribution < -0.4 is 10.1 Å². The number of carbonyl (C=O) groups excluding carboxylic acids is 1. The molecule has 2 rings (SSSR count). The van der Waals surface area contributed by atoms with Gasteiger partial charge in [-0.1, -0.05) is 24.3 Å². The van der Waals surface area contributed by atoms with Crippen LogP contribution in [0.4, 0.5) is 5.69 Å². The van der Waals surface area contributed by atoms with Gasteiger partial charge in [-0.15, -0.1) is 0 Å². The zero-order chi connectivity index (χ0) is 13.7. The molecule has 0 saturated carbocycles. The third kappa shape index (κ3) is 3.83. The maximum absolute atomic E-state index is 12.0. The van der Waals surface area contributed by atoms with Gasteiger partial charge in [0.25, 0.3) is 0 Å². The number of benzene rings is 2. The van der Waals surface area contributed by atoms with Crippen molar-refractivity contribution in [1.29, 1.82) is 0 Å². The lowest BCUT2D eigenvalue weighted by Gasteiger charge is -2.08. The smallest absolute Gasteiger partial charge is 0.228 e. The van der Waals surface area contributed by atoms with E-state index in [1.54, 1.807) is 7.11 Å². The summed E-state index contributed by atoms with van der Waals surface area (Å²) in [6.45, 7) is 0. The van der Waals surface area contributed by atoms with E-state index in [-0.39, 0.29) is 5.91 Å². The number of amides is 1. The number of hydrogen-bond acceptors (Lipinski definition) is 2. The Balaban J connectivity index is 2.03. The Morgan fingerprint density at radius 3 is 2.74 bits per heavy atom. The van der Waals surface area contributed by atoms with Gasteiger partial charge < -0.3 is 10.1 Å². The van der Waals surface area contributed by atoms with E-state index in [2.05, 4.69) is 21.2 Å². The van der Waals surface area contributed by atoms with Gasteiger partial charge in [0.05, 0.1) is 19.2 Å². The molecule has 0 fully saturated rings. The van der Waals surface area contributed by atoms with Gasteiger partial charge in [0.1, 0.15) is 5.75 Å². The number of nitrogens with one attached hydrogen (secondary N) is 1. The lowest BCUT2D eigenvalue weighted by molar-refractivity contribution is -0.115. The standard InChI is InChI=1S/C15H14BrNO2/c1-19-12-6-4-5-11(9-12)10-15(18)17-14-8-3-2-7-13(14)16/h2-9H,10H2,1H3,(H,17,18). The molecule has 0 atom stereocenters. The third-order valence-electron chi connectivity index (χ3n) is 2.65. The predicted octanol–water partition coefficient (Wildman–Crippen LogP) is 3.64. The molecule has 0 saturated heterocycles. The molecule has 0 unspecified atom stereocenters. The van der Waals surface area contributed by atoms with Gasteiger partial charge in [0, 0.05) is 4.47 Å². The Kier molecular flexibility index (Phi) is 4.58. The maximum atomic E-state index is 12.0. The van der Waals surface area contributed by atoms with Crippen LogP contribution in [0.25, 0.3) is 0 Å². The van der Waals surface area contributed by atoms with Crippen LogP contribution in [0.5, 0.6) is 5.75 Å². The summed E-state index contributed by atoms with van der Waals surface area (Å²) in [6.07, 6.45) is 0.318. The average Bonchev–Trinajstić information content (AvgIpc) is 2.41. The minimum Gasteiger partial charge on any atom is -0.497 e. The van der Waals surface area contributed by atoms with Gasteiger partial charge in [-0.05, 0) is 45.8 Å². The fourth-order valence-corrected chi connectivity index (χ4v) is 2.11. The molecular weight excluding hydrogens is 306 g/mol. The van der Waals surface area contributed by atoms with Gasteiger partial charge in [0.2, 0.25) is 5.91 Å². The zero-order valence-corrected chi connectivity index (χ0v) is 12.1. The molecule has 0 bridgehead atoms. The summed E-state index contributed by atoms with van der Waals surface area (Å²) in [5.74, 6) is 0.700. The number of hydrogen-bond donors (Lipinski definition) is 1. The highest BCUT2D eigenvalue weighted by Crippen LogP contribution is 2.21. The third-order valence-corrected chi connectivity index (χ3v) is 3.34. The fourth-order valence-electron chi connectivity index (χ4n) is 1.72. The summed E-state index contributed by atoms with van der Waals surface area (Å²) >= 11 is 3.40. The van der Waals surface area contributed by atoms with E-state index in [1.807, 2.05) is 48.5 Å². The molecule has 19 heavy (non-hydrogen) atoms. The quantitative estimate of drug-likeness (QED) is 0.934. The van der Waals surface area contributed by atoms with Crippen molar-refractivity contribution in [2.24, 2.45) is 0 Å². The summed E-state index contributed by atoms with van der Waals surface area (Å²) in [5, 5.41) is 2.87. The normalized spacial score (nSPS) is 10.0. The largest absolute Gasteiger partial charge is 0.497 e. The molecule has 0 aromatic heterocycles. The SMILES string of the molecule is COc1cccc(CC(=O)Nc2ccccc2Br)c1.